The Labute approximate surface area is 101 Å². The molecule has 2 rings (SSSR count). The summed E-state index contributed by atoms with van der Waals surface area (Å²) < 4.78 is 0.495. The minimum Gasteiger partial charge on any atom is -0.364 e. The summed E-state index contributed by atoms with van der Waals surface area (Å²) in [6.07, 6.45) is 7.79. The Morgan fingerprint density at radius 2 is 2.27 bits per heavy atom. The van der Waals surface area contributed by atoms with E-state index in [4.69, 9.17) is 0 Å². The summed E-state index contributed by atoms with van der Waals surface area (Å²) in [5, 5.41) is 5.37. The molecule has 15 heavy (non-hydrogen) atoms. The third kappa shape index (κ3) is 2.84. The number of aliphatic imine (C=N–C) groups is 1. The van der Waals surface area contributed by atoms with Crippen molar-refractivity contribution in [1.82, 2.24) is 5.32 Å². The molecule has 1 heterocycles. The van der Waals surface area contributed by atoms with Crippen LogP contribution < -0.4 is 5.32 Å². The Kier molecular flexibility index (Phi) is 3.88. The third-order valence-electron chi connectivity index (χ3n) is 3.31. The van der Waals surface area contributed by atoms with E-state index < -0.39 is 0 Å². The molecule has 0 aromatic rings. The number of hydrogen-bond donors (Lipinski definition) is 1. The molecule has 1 aliphatic carbocycles. The molecule has 2 nitrogen and oxygen atoms in total. The fraction of sp³-hybridized carbons (Fsp3) is 0.909. The molecule has 0 aromatic carbocycles. The minimum absolute atomic E-state index is 0.495. The van der Waals surface area contributed by atoms with Gasteiger partial charge in [-0.2, -0.15) is 11.8 Å². The molecule has 0 saturated heterocycles. The molecule has 1 fully saturated rings. The predicted octanol–water partition coefficient (Wildman–Crippen LogP) is 2.74. The largest absolute Gasteiger partial charge is 0.364 e. The lowest BCUT2D eigenvalue weighted by atomic mass is 10.1. The zero-order chi connectivity index (χ0) is 10.7. The Balaban J connectivity index is 1.81. The Hall–Kier alpha value is 0.170. The smallest absolute Gasteiger partial charge is 0.156 e. The van der Waals surface area contributed by atoms with Gasteiger partial charge in [0.05, 0.1) is 6.54 Å². The zero-order valence-corrected chi connectivity index (χ0v) is 11.2. The van der Waals surface area contributed by atoms with Gasteiger partial charge in [0.1, 0.15) is 0 Å². The lowest BCUT2D eigenvalue weighted by Crippen LogP contribution is -2.37. The van der Waals surface area contributed by atoms with Crippen molar-refractivity contribution in [1.29, 1.82) is 0 Å². The van der Waals surface area contributed by atoms with Gasteiger partial charge >= 0.3 is 0 Å². The Morgan fingerprint density at radius 3 is 2.80 bits per heavy atom. The minimum atomic E-state index is 0.495. The summed E-state index contributed by atoms with van der Waals surface area (Å²) in [6, 6.07) is 0. The molecule has 1 atom stereocenters. The van der Waals surface area contributed by atoms with E-state index in [1.165, 1.54) is 30.9 Å². The number of thioether (sulfide) groups is 2. The van der Waals surface area contributed by atoms with Gasteiger partial charge in [-0.05, 0) is 19.1 Å². The van der Waals surface area contributed by atoms with Crippen LogP contribution in [0.4, 0.5) is 0 Å². The van der Waals surface area contributed by atoms with Gasteiger partial charge in [-0.1, -0.05) is 31.5 Å². The summed E-state index contributed by atoms with van der Waals surface area (Å²) in [6.45, 7) is 4.33. The second-order valence-corrected chi connectivity index (χ2v) is 7.22. The normalized spacial score (nSPS) is 29.2. The predicted molar refractivity (Wildman–Crippen MR) is 72.1 cm³/mol. The molecule has 1 N–H and O–H groups in total. The van der Waals surface area contributed by atoms with Crippen molar-refractivity contribution in [3.05, 3.63) is 0 Å². The Morgan fingerprint density at radius 1 is 1.53 bits per heavy atom. The van der Waals surface area contributed by atoms with Crippen LogP contribution in [-0.2, 0) is 0 Å². The van der Waals surface area contributed by atoms with Gasteiger partial charge in [0, 0.05) is 16.5 Å². The van der Waals surface area contributed by atoms with E-state index >= 15 is 0 Å². The van der Waals surface area contributed by atoms with Gasteiger partial charge in [-0.25, -0.2) is 0 Å². The molecule has 0 amide bonds. The molecule has 0 aromatic heterocycles. The maximum absolute atomic E-state index is 4.50. The van der Waals surface area contributed by atoms with Crippen LogP contribution in [0.5, 0.6) is 0 Å². The lowest BCUT2D eigenvalue weighted by Gasteiger charge is -2.27. The number of hydrogen-bond acceptors (Lipinski definition) is 4. The highest BCUT2D eigenvalue weighted by Crippen LogP contribution is 2.39. The highest BCUT2D eigenvalue weighted by atomic mass is 32.2. The number of nitrogens with one attached hydrogen (secondary N) is 1. The van der Waals surface area contributed by atoms with Crippen molar-refractivity contribution in [3.8, 4) is 0 Å². The van der Waals surface area contributed by atoms with E-state index in [-0.39, 0.29) is 0 Å². The number of rotatable bonds is 3. The van der Waals surface area contributed by atoms with Crippen molar-refractivity contribution in [2.45, 2.75) is 42.6 Å². The molecule has 4 heteroatoms. The zero-order valence-electron chi connectivity index (χ0n) is 9.58. The summed E-state index contributed by atoms with van der Waals surface area (Å²) in [5.41, 5.74) is 0. The monoisotopic (exact) mass is 244 g/mol. The molecule has 0 bridgehead atoms. The fourth-order valence-corrected chi connectivity index (χ4v) is 4.03. The molecule has 1 saturated carbocycles. The van der Waals surface area contributed by atoms with E-state index in [1.54, 1.807) is 0 Å². The third-order valence-corrected chi connectivity index (χ3v) is 5.78. The van der Waals surface area contributed by atoms with Gasteiger partial charge in [-0.3, -0.25) is 4.99 Å². The van der Waals surface area contributed by atoms with Crippen molar-refractivity contribution < 1.29 is 0 Å². The highest BCUT2D eigenvalue weighted by molar-refractivity contribution is 8.14. The second kappa shape index (κ2) is 5.00. The van der Waals surface area contributed by atoms with Crippen LogP contribution >= 0.6 is 23.5 Å². The van der Waals surface area contributed by atoms with E-state index in [0.29, 0.717) is 10.00 Å². The van der Waals surface area contributed by atoms with Crippen molar-refractivity contribution in [2.75, 3.05) is 19.3 Å². The molecule has 1 unspecified atom stereocenters. The van der Waals surface area contributed by atoms with Gasteiger partial charge < -0.3 is 5.32 Å². The lowest BCUT2D eigenvalue weighted by molar-refractivity contribution is 0.593. The van der Waals surface area contributed by atoms with Crippen LogP contribution in [0.25, 0.3) is 0 Å². The molecule has 2 aliphatic rings. The maximum Gasteiger partial charge on any atom is 0.156 e. The van der Waals surface area contributed by atoms with Crippen molar-refractivity contribution in [3.63, 3.8) is 0 Å². The first-order chi connectivity index (χ1) is 7.24. The van der Waals surface area contributed by atoms with Gasteiger partial charge in [0.2, 0.25) is 0 Å². The first-order valence-corrected chi connectivity index (χ1v) is 7.85. The summed E-state index contributed by atoms with van der Waals surface area (Å²) >= 11 is 3.92. The number of amidine groups is 1. The molecule has 86 valence electrons. The summed E-state index contributed by atoms with van der Waals surface area (Å²) in [7, 11) is 0. The first kappa shape index (κ1) is 11.6. The van der Waals surface area contributed by atoms with Crippen LogP contribution in [0.15, 0.2) is 4.99 Å². The SMILES string of the molecule is CSC1(CNC2=NCC(C)S2)CCCC1. The summed E-state index contributed by atoms with van der Waals surface area (Å²) in [4.78, 5) is 4.50. The number of nitrogens with zero attached hydrogens (tertiary/aromatic N) is 1. The van der Waals surface area contributed by atoms with Crippen LogP contribution in [-0.4, -0.2) is 34.5 Å². The van der Waals surface area contributed by atoms with Gasteiger partial charge in [0.25, 0.3) is 0 Å². The van der Waals surface area contributed by atoms with Gasteiger partial charge in [0.15, 0.2) is 5.17 Å². The first-order valence-electron chi connectivity index (χ1n) is 5.74. The average Bonchev–Trinajstić information content (AvgIpc) is 2.85. The van der Waals surface area contributed by atoms with Crippen molar-refractivity contribution >= 4 is 28.7 Å². The van der Waals surface area contributed by atoms with Crippen LogP contribution in [0.1, 0.15) is 32.6 Å². The fourth-order valence-electron chi connectivity index (χ4n) is 2.28. The van der Waals surface area contributed by atoms with Crippen LogP contribution in [0.3, 0.4) is 0 Å². The summed E-state index contributed by atoms with van der Waals surface area (Å²) in [5.74, 6) is 0. The standard InChI is InChI=1S/C11H20N2S2/c1-9-7-12-10(15-9)13-8-11(14-2)5-3-4-6-11/h9H,3-8H2,1-2H3,(H,12,13). The molecule has 0 spiro atoms. The van der Waals surface area contributed by atoms with E-state index in [9.17, 15) is 0 Å². The van der Waals surface area contributed by atoms with Crippen LogP contribution in [0, 0.1) is 0 Å². The molecule has 1 aliphatic heterocycles. The van der Waals surface area contributed by atoms with E-state index in [0.717, 1.165) is 13.1 Å². The Bertz CT molecular complexity index is 247. The van der Waals surface area contributed by atoms with E-state index in [2.05, 4.69) is 23.5 Å². The van der Waals surface area contributed by atoms with E-state index in [1.807, 2.05) is 23.5 Å². The maximum atomic E-state index is 4.50. The molecular weight excluding hydrogens is 224 g/mol. The molecule has 0 radical (unpaired) electrons. The molecular formula is C11H20N2S2. The van der Waals surface area contributed by atoms with Crippen molar-refractivity contribution in [2.24, 2.45) is 4.99 Å². The second-order valence-electron chi connectivity index (χ2n) is 4.52. The topological polar surface area (TPSA) is 24.4 Å². The average molecular weight is 244 g/mol. The quantitative estimate of drug-likeness (QED) is 0.826. The van der Waals surface area contributed by atoms with Gasteiger partial charge in [-0.15, -0.1) is 0 Å². The highest BCUT2D eigenvalue weighted by Gasteiger charge is 2.33. The van der Waals surface area contributed by atoms with Crippen LogP contribution in [0.2, 0.25) is 0 Å².